The SMILES string of the molecule is Cc1cccc(C)c1C=CC1CCN(C(=O)CN2CCC(C)CC2)CC1. The van der Waals surface area contributed by atoms with Gasteiger partial charge < -0.3 is 4.90 Å². The van der Waals surface area contributed by atoms with Crippen LogP contribution < -0.4 is 0 Å². The molecule has 0 atom stereocenters. The number of carbonyl (C=O) groups excluding carboxylic acids is 1. The largest absolute Gasteiger partial charge is 0.342 e. The molecule has 0 N–H and O–H groups in total. The zero-order valence-electron chi connectivity index (χ0n) is 16.7. The lowest BCUT2D eigenvalue weighted by molar-refractivity contribution is -0.134. The number of rotatable bonds is 4. The van der Waals surface area contributed by atoms with E-state index in [1.54, 1.807) is 0 Å². The molecule has 2 aliphatic rings. The maximum Gasteiger partial charge on any atom is 0.236 e. The monoisotopic (exact) mass is 354 g/mol. The highest BCUT2D eigenvalue weighted by Gasteiger charge is 2.24. The number of benzene rings is 1. The van der Waals surface area contributed by atoms with Gasteiger partial charge in [0.15, 0.2) is 0 Å². The fraction of sp³-hybridized carbons (Fsp3) is 0.609. The van der Waals surface area contributed by atoms with Crippen molar-refractivity contribution in [3.8, 4) is 0 Å². The number of hydrogen-bond donors (Lipinski definition) is 0. The molecule has 1 aromatic carbocycles. The summed E-state index contributed by atoms with van der Waals surface area (Å²) in [6.45, 7) is 11.3. The zero-order valence-corrected chi connectivity index (χ0v) is 16.7. The molecule has 2 aliphatic heterocycles. The van der Waals surface area contributed by atoms with Crippen molar-refractivity contribution in [2.75, 3.05) is 32.7 Å². The first-order valence-corrected chi connectivity index (χ1v) is 10.3. The molecule has 0 spiro atoms. The first kappa shape index (κ1) is 19.2. The molecular formula is C23H34N2O. The first-order valence-electron chi connectivity index (χ1n) is 10.3. The van der Waals surface area contributed by atoms with Crippen LogP contribution >= 0.6 is 0 Å². The van der Waals surface area contributed by atoms with Gasteiger partial charge in [-0.2, -0.15) is 0 Å². The topological polar surface area (TPSA) is 23.6 Å². The maximum atomic E-state index is 12.6. The molecule has 0 bridgehead atoms. The normalized spacial score (nSPS) is 20.8. The predicted molar refractivity (Wildman–Crippen MR) is 109 cm³/mol. The van der Waals surface area contributed by atoms with Crippen LogP contribution in [0.15, 0.2) is 24.3 Å². The summed E-state index contributed by atoms with van der Waals surface area (Å²) in [5, 5.41) is 0. The summed E-state index contributed by atoms with van der Waals surface area (Å²) < 4.78 is 0. The molecule has 2 heterocycles. The molecule has 3 rings (SSSR count). The number of aryl methyl sites for hydroxylation is 2. The van der Waals surface area contributed by atoms with E-state index < -0.39 is 0 Å². The van der Waals surface area contributed by atoms with Crippen LogP contribution in [0.4, 0.5) is 0 Å². The Kier molecular flexibility index (Phi) is 6.53. The van der Waals surface area contributed by atoms with Gasteiger partial charge in [-0.1, -0.05) is 37.3 Å². The third-order valence-corrected chi connectivity index (χ3v) is 6.20. The Labute approximate surface area is 159 Å². The fourth-order valence-corrected chi connectivity index (χ4v) is 4.18. The number of likely N-dealkylation sites (tertiary alicyclic amines) is 2. The molecule has 2 saturated heterocycles. The maximum absolute atomic E-state index is 12.6. The van der Waals surface area contributed by atoms with Crippen LogP contribution in [-0.4, -0.2) is 48.4 Å². The summed E-state index contributed by atoms with van der Waals surface area (Å²) >= 11 is 0. The first-order chi connectivity index (χ1) is 12.5. The molecule has 0 saturated carbocycles. The lowest BCUT2D eigenvalue weighted by Crippen LogP contribution is -2.45. The summed E-state index contributed by atoms with van der Waals surface area (Å²) in [5.74, 6) is 1.74. The smallest absolute Gasteiger partial charge is 0.236 e. The highest BCUT2D eigenvalue weighted by Crippen LogP contribution is 2.22. The third-order valence-electron chi connectivity index (χ3n) is 6.20. The van der Waals surface area contributed by atoms with E-state index in [1.165, 1.54) is 29.5 Å². The Balaban J connectivity index is 1.46. The molecule has 1 aromatic rings. The van der Waals surface area contributed by atoms with Crippen LogP contribution in [-0.2, 0) is 4.79 Å². The lowest BCUT2D eigenvalue weighted by Gasteiger charge is -2.34. The van der Waals surface area contributed by atoms with Crippen molar-refractivity contribution in [2.24, 2.45) is 11.8 Å². The van der Waals surface area contributed by atoms with E-state index in [0.717, 1.165) is 44.9 Å². The van der Waals surface area contributed by atoms with Crippen LogP contribution in [0.3, 0.4) is 0 Å². The summed E-state index contributed by atoms with van der Waals surface area (Å²) in [6.07, 6.45) is 9.30. The summed E-state index contributed by atoms with van der Waals surface area (Å²) in [4.78, 5) is 17.0. The van der Waals surface area contributed by atoms with Gasteiger partial charge in [0.2, 0.25) is 5.91 Å². The Morgan fingerprint density at radius 2 is 1.65 bits per heavy atom. The van der Waals surface area contributed by atoms with Crippen LogP contribution in [0.5, 0.6) is 0 Å². The van der Waals surface area contributed by atoms with Crippen molar-refractivity contribution in [1.82, 2.24) is 9.80 Å². The van der Waals surface area contributed by atoms with Gasteiger partial charge in [0.05, 0.1) is 6.54 Å². The second kappa shape index (κ2) is 8.85. The minimum atomic E-state index is 0.330. The van der Waals surface area contributed by atoms with Gasteiger partial charge in [-0.15, -0.1) is 0 Å². The van der Waals surface area contributed by atoms with Crippen LogP contribution in [0, 0.1) is 25.7 Å². The molecule has 3 heteroatoms. The quantitative estimate of drug-likeness (QED) is 0.805. The molecular weight excluding hydrogens is 320 g/mol. The average molecular weight is 355 g/mol. The van der Waals surface area contributed by atoms with Crippen molar-refractivity contribution in [3.05, 3.63) is 41.0 Å². The van der Waals surface area contributed by atoms with E-state index in [0.29, 0.717) is 18.4 Å². The average Bonchev–Trinajstić information content (AvgIpc) is 2.64. The van der Waals surface area contributed by atoms with Crippen molar-refractivity contribution in [3.63, 3.8) is 0 Å². The number of allylic oxidation sites excluding steroid dienone is 1. The molecule has 3 nitrogen and oxygen atoms in total. The Morgan fingerprint density at radius 1 is 1.04 bits per heavy atom. The Bertz CT molecular complexity index is 615. The predicted octanol–water partition coefficient (Wildman–Crippen LogP) is 4.29. The number of nitrogens with zero attached hydrogens (tertiary/aromatic N) is 2. The molecule has 0 radical (unpaired) electrons. The molecule has 0 aromatic heterocycles. The van der Waals surface area contributed by atoms with Crippen molar-refractivity contribution < 1.29 is 4.79 Å². The Morgan fingerprint density at radius 3 is 2.27 bits per heavy atom. The molecule has 2 fully saturated rings. The Hall–Kier alpha value is -1.61. The van der Waals surface area contributed by atoms with Crippen LogP contribution in [0.1, 0.15) is 49.3 Å². The number of hydrogen-bond acceptors (Lipinski definition) is 2. The summed E-state index contributed by atoms with van der Waals surface area (Å²) in [7, 11) is 0. The van der Waals surface area contributed by atoms with Crippen LogP contribution in [0.2, 0.25) is 0 Å². The van der Waals surface area contributed by atoms with Gasteiger partial charge in [-0.05, 0) is 81.1 Å². The zero-order chi connectivity index (χ0) is 18.5. The van der Waals surface area contributed by atoms with Crippen LogP contribution in [0.25, 0.3) is 6.08 Å². The molecule has 0 unspecified atom stereocenters. The van der Waals surface area contributed by atoms with Crippen molar-refractivity contribution in [1.29, 1.82) is 0 Å². The summed E-state index contributed by atoms with van der Waals surface area (Å²) in [5.41, 5.74) is 4.03. The van der Waals surface area contributed by atoms with Crippen molar-refractivity contribution >= 4 is 12.0 Å². The fourth-order valence-electron chi connectivity index (χ4n) is 4.18. The van der Waals surface area contributed by atoms with E-state index in [1.807, 2.05) is 0 Å². The van der Waals surface area contributed by atoms with Gasteiger partial charge in [0, 0.05) is 13.1 Å². The summed E-state index contributed by atoms with van der Waals surface area (Å²) in [6, 6.07) is 6.47. The highest BCUT2D eigenvalue weighted by molar-refractivity contribution is 5.78. The van der Waals surface area contributed by atoms with Gasteiger partial charge >= 0.3 is 0 Å². The lowest BCUT2D eigenvalue weighted by atomic mass is 9.94. The minimum Gasteiger partial charge on any atom is -0.342 e. The van der Waals surface area contributed by atoms with E-state index in [9.17, 15) is 4.79 Å². The van der Waals surface area contributed by atoms with E-state index in [-0.39, 0.29) is 0 Å². The molecule has 1 amide bonds. The second-order valence-electron chi connectivity index (χ2n) is 8.34. The van der Waals surface area contributed by atoms with Gasteiger partial charge in [0.25, 0.3) is 0 Å². The third kappa shape index (κ3) is 4.97. The minimum absolute atomic E-state index is 0.330. The van der Waals surface area contributed by atoms with E-state index >= 15 is 0 Å². The van der Waals surface area contributed by atoms with Gasteiger partial charge in [0.1, 0.15) is 0 Å². The van der Waals surface area contributed by atoms with Crippen molar-refractivity contribution in [2.45, 2.75) is 46.5 Å². The number of amides is 1. The number of carbonyl (C=O) groups is 1. The molecule has 0 aliphatic carbocycles. The van der Waals surface area contributed by atoms with Gasteiger partial charge in [-0.3, -0.25) is 9.69 Å². The standard InChI is InChI=1S/C23H34N2O/c1-18-9-13-24(14-10-18)17-23(26)25-15-11-21(12-16-25)7-8-22-19(2)5-4-6-20(22)3/h4-8,18,21H,9-17H2,1-3H3. The second-order valence-corrected chi connectivity index (χ2v) is 8.34. The van der Waals surface area contributed by atoms with E-state index in [2.05, 4.69) is 60.9 Å². The molecule has 26 heavy (non-hydrogen) atoms. The molecule has 142 valence electrons. The van der Waals surface area contributed by atoms with Gasteiger partial charge in [-0.25, -0.2) is 0 Å². The van der Waals surface area contributed by atoms with E-state index in [4.69, 9.17) is 0 Å². The number of piperidine rings is 2. The highest BCUT2D eigenvalue weighted by atomic mass is 16.2.